The third-order valence-electron chi connectivity index (χ3n) is 5.07. The van der Waals surface area contributed by atoms with Crippen molar-refractivity contribution in [2.75, 3.05) is 13.1 Å². The average molecular weight is 403 g/mol. The van der Waals surface area contributed by atoms with Crippen LogP contribution in [0, 0.1) is 12.8 Å². The molecule has 4 rings (SSSR count). The van der Waals surface area contributed by atoms with Gasteiger partial charge in [0.15, 0.2) is 0 Å². The molecule has 2 aromatic heterocycles. The lowest BCUT2D eigenvalue weighted by atomic mass is 10.1. The van der Waals surface area contributed by atoms with Crippen molar-refractivity contribution in [2.45, 2.75) is 26.4 Å². The summed E-state index contributed by atoms with van der Waals surface area (Å²) in [7, 11) is 0. The second-order valence-corrected chi connectivity index (χ2v) is 7.51. The molecule has 3 aromatic rings. The molecule has 1 fully saturated rings. The Morgan fingerprint density at radius 3 is 3.00 bits per heavy atom. The largest absolute Gasteiger partial charge is 0.437 e. The number of pyridine rings is 1. The average Bonchev–Trinajstić information content (AvgIpc) is 3.22. The summed E-state index contributed by atoms with van der Waals surface area (Å²) in [5, 5.41) is 3.01. The lowest BCUT2D eigenvalue weighted by Crippen LogP contribution is -2.32. The summed E-state index contributed by atoms with van der Waals surface area (Å²) < 4.78 is 5.84. The van der Waals surface area contributed by atoms with E-state index in [2.05, 4.69) is 31.2 Å². The van der Waals surface area contributed by atoms with Gasteiger partial charge in [-0.05, 0) is 49.7 Å². The van der Waals surface area contributed by atoms with Gasteiger partial charge in [-0.25, -0.2) is 4.98 Å². The van der Waals surface area contributed by atoms with Gasteiger partial charge >= 0.3 is 0 Å². The number of ether oxygens (including phenoxy) is 1. The number of carbonyl (C=O) groups is 1. The number of rotatable bonds is 7. The Kier molecular flexibility index (Phi) is 6.29. The maximum absolute atomic E-state index is 12.5. The Morgan fingerprint density at radius 2 is 2.17 bits per heavy atom. The highest BCUT2D eigenvalue weighted by molar-refractivity contribution is 5.79. The molecule has 3 heterocycles. The van der Waals surface area contributed by atoms with E-state index in [1.165, 1.54) is 0 Å². The molecule has 0 bridgehead atoms. The summed E-state index contributed by atoms with van der Waals surface area (Å²) in [6, 6.07) is 13.7. The predicted molar refractivity (Wildman–Crippen MR) is 113 cm³/mol. The van der Waals surface area contributed by atoms with Crippen LogP contribution in [0.25, 0.3) is 0 Å². The van der Waals surface area contributed by atoms with Crippen molar-refractivity contribution >= 4 is 5.91 Å². The van der Waals surface area contributed by atoms with E-state index in [1.54, 1.807) is 18.6 Å². The summed E-state index contributed by atoms with van der Waals surface area (Å²) >= 11 is 0. The van der Waals surface area contributed by atoms with E-state index in [0.29, 0.717) is 12.4 Å². The van der Waals surface area contributed by atoms with Gasteiger partial charge in [-0.3, -0.25) is 19.7 Å². The van der Waals surface area contributed by atoms with E-state index in [0.717, 1.165) is 48.8 Å². The third-order valence-corrected chi connectivity index (χ3v) is 5.07. The Labute approximate surface area is 176 Å². The van der Waals surface area contributed by atoms with Crippen molar-refractivity contribution in [3.63, 3.8) is 0 Å². The highest BCUT2D eigenvalue weighted by atomic mass is 16.5. The Hall–Kier alpha value is -3.32. The van der Waals surface area contributed by atoms with Crippen LogP contribution in [0.5, 0.6) is 11.6 Å². The molecule has 1 N–H and O–H groups in total. The predicted octanol–water partition coefficient (Wildman–Crippen LogP) is 3.11. The first kappa shape index (κ1) is 20.0. The fourth-order valence-corrected chi connectivity index (χ4v) is 3.59. The summed E-state index contributed by atoms with van der Waals surface area (Å²) in [6.45, 7) is 4.78. The van der Waals surface area contributed by atoms with Gasteiger partial charge in [0.1, 0.15) is 5.75 Å². The molecule has 1 aliphatic heterocycles. The molecule has 0 radical (unpaired) electrons. The number of amides is 1. The van der Waals surface area contributed by atoms with Crippen molar-refractivity contribution in [1.29, 1.82) is 0 Å². The molecule has 1 atom stereocenters. The van der Waals surface area contributed by atoms with Crippen molar-refractivity contribution in [1.82, 2.24) is 25.2 Å². The number of nitrogens with zero attached hydrogens (tertiary/aromatic N) is 4. The van der Waals surface area contributed by atoms with Gasteiger partial charge in [0.05, 0.1) is 30.0 Å². The second-order valence-electron chi connectivity index (χ2n) is 7.51. The Balaban J connectivity index is 1.29. The first-order valence-corrected chi connectivity index (χ1v) is 10.1. The zero-order valence-electron chi connectivity index (χ0n) is 17.0. The minimum absolute atomic E-state index is 0.00992. The normalized spacial score (nSPS) is 16.4. The van der Waals surface area contributed by atoms with Crippen molar-refractivity contribution < 1.29 is 9.53 Å². The van der Waals surface area contributed by atoms with Gasteiger partial charge in [-0.1, -0.05) is 18.2 Å². The molecule has 154 valence electrons. The summed E-state index contributed by atoms with van der Waals surface area (Å²) in [5.41, 5.74) is 2.83. The van der Waals surface area contributed by atoms with Gasteiger partial charge in [0.2, 0.25) is 11.8 Å². The van der Waals surface area contributed by atoms with Gasteiger partial charge in [-0.15, -0.1) is 0 Å². The van der Waals surface area contributed by atoms with E-state index in [4.69, 9.17) is 4.74 Å². The number of likely N-dealkylation sites (tertiary alicyclic amines) is 1. The number of aryl methyl sites for hydroxylation is 1. The summed E-state index contributed by atoms with van der Waals surface area (Å²) in [5.74, 6) is 1.32. The second kappa shape index (κ2) is 9.45. The van der Waals surface area contributed by atoms with Gasteiger partial charge in [0.25, 0.3) is 0 Å². The quantitative estimate of drug-likeness (QED) is 0.653. The zero-order chi connectivity index (χ0) is 20.8. The molecule has 1 unspecified atom stereocenters. The maximum Gasteiger partial charge on any atom is 0.238 e. The van der Waals surface area contributed by atoms with Crippen LogP contribution in [0.4, 0.5) is 0 Å². The summed E-state index contributed by atoms with van der Waals surface area (Å²) in [4.78, 5) is 27.5. The zero-order valence-corrected chi connectivity index (χ0v) is 17.0. The first-order chi connectivity index (χ1) is 14.7. The number of carbonyl (C=O) groups excluding carboxylic acids is 1. The molecule has 7 nitrogen and oxygen atoms in total. The van der Waals surface area contributed by atoms with Crippen LogP contribution in [0.3, 0.4) is 0 Å². The monoisotopic (exact) mass is 403 g/mol. The van der Waals surface area contributed by atoms with Gasteiger partial charge in [0, 0.05) is 25.5 Å². The minimum atomic E-state index is 0.00992. The standard InChI is InChI=1S/C23H25N5O2/c1-17-12-24-14-22(27-17)30-21-7-4-5-18(11-21)15-28-10-8-19(16-28)23(29)26-13-20-6-2-3-9-25-20/h2-7,9,11-12,14,19H,8,10,13,15-16H2,1H3,(H,26,29). The van der Waals surface area contributed by atoms with Crippen LogP contribution in [0.15, 0.2) is 61.1 Å². The van der Waals surface area contributed by atoms with Crippen LogP contribution in [0.2, 0.25) is 0 Å². The number of hydrogen-bond acceptors (Lipinski definition) is 6. The number of hydrogen-bond donors (Lipinski definition) is 1. The van der Waals surface area contributed by atoms with E-state index < -0.39 is 0 Å². The number of benzene rings is 1. The van der Waals surface area contributed by atoms with Crippen molar-refractivity contribution in [3.8, 4) is 11.6 Å². The molecule has 1 aliphatic rings. The van der Waals surface area contributed by atoms with Crippen LogP contribution in [0.1, 0.15) is 23.4 Å². The van der Waals surface area contributed by atoms with Gasteiger partial charge in [-0.2, -0.15) is 0 Å². The molecule has 0 spiro atoms. The first-order valence-electron chi connectivity index (χ1n) is 10.1. The Morgan fingerprint density at radius 1 is 1.23 bits per heavy atom. The number of nitrogens with one attached hydrogen (secondary N) is 1. The molecule has 7 heteroatoms. The van der Waals surface area contributed by atoms with Crippen molar-refractivity contribution in [2.24, 2.45) is 5.92 Å². The maximum atomic E-state index is 12.5. The fourth-order valence-electron chi connectivity index (χ4n) is 3.59. The Bertz CT molecular complexity index is 996. The lowest BCUT2D eigenvalue weighted by Gasteiger charge is -2.16. The van der Waals surface area contributed by atoms with E-state index in [-0.39, 0.29) is 11.8 Å². The summed E-state index contributed by atoms with van der Waals surface area (Å²) in [6.07, 6.45) is 5.90. The molecule has 30 heavy (non-hydrogen) atoms. The highest BCUT2D eigenvalue weighted by Gasteiger charge is 2.28. The highest BCUT2D eigenvalue weighted by Crippen LogP contribution is 2.23. The van der Waals surface area contributed by atoms with E-state index in [9.17, 15) is 4.79 Å². The lowest BCUT2D eigenvalue weighted by molar-refractivity contribution is -0.124. The fraction of sp³-hybridized carbons (Fsp3) is 0.304. The van der Waals surface area contributed by atoms with Crippen LogP contribution in [-0.4, -0.2) is 38.8 Å². The van der Waals surface area contributed by atoms with Crippen LogP contribution >= 0.6 is 0 Å². The molecule has 1 saturated heterocycles. The molecule has 0 aliphatic carbocycles. The van der Waals surface area contributed by atoms with Crippen LogP contribution in [-0.2, 0) is 17.9 Å². The molecule has 1 amide bonds. The van der Waals surface area contributed by atoms with E-state index >= 15 is 0 Å². The smallest absolute Gasteiger partial charge is 0.238 e. The molecule has 0 saturated carbocycles. The van der Waals surface area contributed by atoms with E-state index in [1.807, 2.05) is 43.3 Å². The minimum Gasteiger partial charge on any atom is -0.437 e. The topological polar surface area (TPSA) is 80.2 Å². The number of aromatic nitrogens is 3. The van der Waals surface area contributed by atoms with Crippen LogP contribution < -0.4 is 10.1 Å². The van der Waals surface area contributed by atoms with Gasteiger partial charge < -0.3 is 10.1 Å². The molecular weight excluding hydrogens is 378 g/mol. The van der Waals surface area contributed by atoms with Crippen molar-refractivity contribution in [3.05, 3.63) is 78.0 Å². The third kappa shape index (κ3) is 5.39. The SMILES string of the molecule is Cc1cncc(Oc2cccc(CN3CCC(C(=O)NCc4ccccn4)C3)c2)n1. The molecule has 1 aromatic carbocycles. The molecular formula is C23H25N5O2.